The lowest BCUT2D eigenvalue weighted by Crippen LogP contribution is -2.26. The van der Waals surface area contributed by atoms with Crippen molar-refractivity contribution in [1.29, 1.82) is 0 Å². The number of anilines is 3. The molecule has 11 aromatic rings. The third kappa shape index (κ3) is 5.27. The molecule has 2 spiro atoms. The van der Waals surface area contributed by atoms with E-state index in [2.05, 4.69) is 266 Å². The van der Waals surface area contributed by atoms with Gasteiger partial charge in [-0.15, -0.1) is 0 Å². The highest BCUT2D eigenvalue weighted by molar-refractivity contribution is 5.99. The second kappa shape index (κ2) is 14.9. The fraction of sp³-hybridized carbons (Fsp3) is 0.0435. The van der Waals surface area contributed by atoms with Crippen LogP contribution in [0.5, 0.6) is 0 Å². The summed E-state index contributed by atoms with van der Waals surface area (Å²) in [6, 6.07) is 98.5. The van der Waals surface area contributed by atoms with E-state index in [1.165, 1.54) is 111 Å². The van der Waals surface area contributed by atoms with Crippen molar-refractivity contribution in [2.24, 2.45) is 0 Å². The lowest BCUT2D eigenvalue weighted by atomic mass is 9.70. The van der Waals surface area contributed by atoms with Gasteiger partial charge in [-0.25, -0.2) is 0 Å². The Balaban J connectivity index is 1.02. The second-order valence-corrected chi connectivity index (χ2v) is 19.5. The van der Waals surface area contributed by atoms with Crippen molar-refractivity contribution in [3.63, 3.8) is 0 Å². The van der Waals surface area contributed by atoms with Crippen molar-refractivity contribution in [3.05, 3.63) is 316 Å². The lowest BCUT2D eigenvalue weighted by molar-refractivity contribution is 0.792. The maximum absolute atomic E-state index is 2.56. The van der Waals surface area contributed by atoms with Gasteiger partial charge in [-0.1, -0.05) is 224 Å². The van der Waals surface area contributed by atoms with E-state index in [1.807, 2.05) is 0 Å². The molecule has 70 heavy (non-hydrogen) atoms. The Morgan fingerprint density at radius 1 is 0.229 bits per heavy atom. The van der Waals surface area contributed by atoms with Crippen LogP contribution in [0.4, 0.5) is 17.1 Å². The molecular formula is C69H45N. The normalized spacial score (nSPS) is 14.0. The van der Waals surface area contributed by atoms with Crippen LogP contribution >= 0.6 is 0 Å². The van der Waals surface area contributed by atoms with Crippen LogP contribution in [0.3, 0.4) is 0 Å². The Bertz CT molecular complexity index is 3610. The van der Waals surface area contributed by atoms with Gasteiger partial charge in [0, 0.05) is 17.1 Å². The molecule has 0 bridgehead atoms. The Morgan fingerprint density at radius 3 is 0.971 bits per heavy atom. The van der Waals surface area contributed by atoms with Gasteiger partial charge in [0.15, 0.2) is 0 Å². The van der Waals surface area contributed by atoms with Crippen LogP contribution < -0.4 is 4.90 Å². The number of nitrogens with zero attached hydrogens (tertiary/aromatic N) is 1. The summed E-state index contributed by atoms with van der Waals surface area (Å²) in [6.07, 6.45) is 0.814. The summed E-state index contributed by atoms with van der Waals surface area (Å²) in [5, 5.41) is 0. The largest absolute Gasteiger partial charge is 0.310 e. The molecule has 0 atom stereocenters. The number of rotatable bonds is 6. The molecule has 326 valence electrons. The smallest absolute Gasteiger partial charge is 0.0726 e. The second-order valence-electron chi connectivity index (χ2n) is 19.5. The first-order valence-corrected chi connectivity index (χ1v) is 24.6. The Morgan fingerprint density at radius 2 is 0.571 bits per heavy atom. The first-order chi connectivity index (χ1) is 34.7. The number of hydrogen-bond acceptors (Lipinski definition) is 1. The molecule has 1 nitrogen and oxygen atoms in total. The average Bonchev–Trinajstić information content (AvgIpc) is 4.10. The summed E-state index contributed by atoms with van der Waals surface area (Å²) in [6.45, 7) is 0. The van der Waals surface area contributed by atoms with E-state index < -0.39 is 10.8 Å². The quantitative estimate of drug-likeness (QED) is 0.161. The van der Waals surface area contributed by atoms with Gasteiger partial charge < -0.3 is 4.90 Å². The summed E-state index contributed by atoms with van der Waals surface area (Å²) < 4.78 is 0. The first-order valence-electron chi connectivity index (χ1n) is 24.6. The van der Waals surface area contributed by atoms with Crippen LogP contribution in [0, 0.1) is 0 Å². The molecule has 0 aromatic heterocycles. The van der Waals surface area contributed by atoms with Gasteiger partial charge in [0.05, 0.1) is 10.8 Å². The highest BCUT2D eigenvalue weighted by Crippen LogP contribution is 2.65. The highest BCUT2D eigenvalue weighted by atomic mass is 15.1. The molecule has 0 N–H and O–H groups in total. The van der Waals surface area contributed by atoms with E-state index in [0.717, 1.165) is 23.5 Å². The van der Waals surface area contributed by atoms with E-state index in [4.69, 9.17) is 0 Å². The maximum atomic E-state index is 2.56. The highest BCUT2D eigenvalue weighted by Gasteiger charge is 2.53. The van der Waals surface area contributed by atoms with E-state index >= 15 is 0 Å². The zero-order valence-corrected chi connectivity index (χ0v) is 38.5. The topological polar surface area (TPSA) is 3.24 Å². The summed E-state index contributed by atoms with van der Waals surface area (Å²) >= 11 is 0. The minimum absolute atomic E-state index is 0.480. The van der Waals surface area contributed by atoms with Crippen molar-refractivity contribution in [2.75, 3.05) is 4.90 Å². The van der Waals surface area contributed by atoms with Crippen LogP contribution in [-0.2, 0) is 17.3 Å². The zero-order valence-electron chi connectivity index (χ0n) is 38.5. The Hall–Kier alpha value is -8.78. The SMILES string of the molecule is c1ccc(Cc2cc(-c3ccccc3)cc(N(c3ccc4c(c3)C3(c5ccccc5-c5ccccc53)c3ccccc3-4)c3ccc4c(c3)C3(c5ccccc5-c5ccccc53)c3ccccc3-4)c2)cc1. The summed E-state index contributed by atoms with van der Waals surface area (Å²) in [4.78, 5) is 2.56. The molecule has 15 rings (SSSR count). The molecule has 0 heterocycles. The van der Waals surface area contributed by atoms with Gasteiger partial charge in [0.1, 0.15) is 0 Å². The monoisotopic (exact) mass is 887 g/mol. The van der Waals surface area contributed by atoms with Crippen LogP contribution in [0.15, 0.2) is 261 Å². The minimum Gasteiger partial charge on any atom is -0.310 e. The van der Waals surface area contributed by atoms with Gasteiger partial charge in [-0.2, -0.15) is 0 Å². The third-order valence-electron chi connectivity index (χ3n) is 16.1. The molecule has 11 aromatic carbocycles. The van der Waals surface area contributed by atoms with Gasteiger partial charge in [-0.05, 0) is 154 Å². The van der Waals surface area contributed by atoms with E-state index in [-0.39, 0.29) is 0 Å². The van der Waals surface area contributed by atoms with E-state index in [0.29, 0.717) is 0 Å². The predicted octanol–water partition coefficient (Wildman–Crippen LogP) is 17.1. The minimum atomic E-state index is -0.480. The Labute approximate surface area is 409 Å². The number of hydrogen-bond donors (Lipinski definition) is 0. The molecule has 4 aliphatic rings. The predicted molar refractivity (Wildman–Crippen MR) is 288 cm³/mol. The molecule has 0 saturated heterocycles. The summed E-state index contributed by atoms with van der Waals surface area (Å²) in [5.41, 5.74) is 28.5. The van der Waals surface area contributed by atoms with Gasteiger partial charge >= 0.3 is 0 Å². The third-order valence-corrected chi connectivity index (χ3v) is 16.1. The fourth-order valence-corrected chi connectivity index (χ4v) is 13.4. The molecule has 0 saturated carbocycles. The van der Waals surface area contributed by atoms with Crippen molar-refractivity contribution in [3.8, 4) is 55.6 Å². The van der Waals surface area contributed by atoms with Crippen LogP contribution in [0.25, 0.3) is 55.6 Å². The summed E-state index contributed by atoms with van der Waals surface area (Å²) in [7, 11) is 0. The zero-order chi connectivity index (χ0) is 46.0. The van der Waals surface area contributed by atoms with E-state index in [9.17, 15) is 0 Å². The molecular weight excluding hydrogens is 843 g/mol. The number of benzene rings is 11. The molecule has 0 unspecified atom stereocenters. The summed E-state index contributed by atoms with van der Waals surface area (Å²) in [5.74, 6) is 0. The Kier molecular flexibility index (Phi) is 8.33. The fourth-order valence-electron chi connectivity index (χ4n) is 13.4. The standard InChI is InChI=1S/C69H45N/c1-3-19-45(20-4-1)39-46-40-48(47-21-5-2-6-22-47)42-51(41-46)70(49-35-37-58-56-27-11-17-33-64(56)68(66(58)43-49)60-29-13-7-23-52(60)53-24-8-14-30-61(53)68)50-36-38-59-57-28-12-18-34-65(57)69(67(59)44-50)62-31-15-9-25-54(62)55-26-10-16-32-63(55)69/h1-38,40-44H,39H2. The maximum Gasteiger partial charge on any atom is 0.0726 e. The number of fused-ring (bicyclic) bond motifs is 20. The van der Waals surface area contributed by atoms with Crippen molar-refractivity contribution in [1.82, 2.24) is 0 Å². The van der Waals surface area contributed by atoms with E-state index in [1.54, 1.807) is 0 Å². The van der Waals surface area contributed by atoms with Crippen molar-refractivity contribution >= 4 is 17.1 Å². The molecule has 0 radical (unpaired) electrons. The van der Waals surface area contributed by atoms with Crippen LogP contribution in [0.1, 0.15) is 55.6 Å². The van der Waals surface area contributed by atoms with Crippen LogP contribution in [0.2, 0.25) is 0 Å². The molecule has 0 amide bonds. The molecule has 0 fully saturated rings. The molecule has 1 heteroatoms. The lowest BCUT2D eigenvalue weighted by Gasteiger charge is -2.33. The van der Waals surface area contributed by atoms with Gasteiger partial charge in [-0.3, -0.25) is 0 Å². The first kappa shape index (κ1) is 39.2. The van der Waals surface area contributed by atoms with Gasteiger partial charge in [0.2, 0.25) is 0 Å². The van der Waals surface area contributed by atoms with Crippen LogP contribution in [-0.4, -0.2) is 0 Å². The van der Waals surface area contributed by atoms with Crippen molar-refractivity contribution in [2.45, 2.75) is 17.3 Å². The van der Waals surface area contributed by atoms with Crippen molar-refractivity contribution < 1.29 is 0 Å². The molecule has 0 aliphatic heterocycles. The average molecular weight is 888 g/mol. The molecule has 4 aliphatic carbocycles. The van der Waals surface area contributed by atoms with Gasteiger partial charge in [0.25, 0.3) is 0 Å².